The largest absolute Gasteiger partial charge is 0.316 e. The molecule has 1 saturated heterocycles. The van der Waals surface area contributed by atoms with Crippen molar-refractivity contribution in [2.75, 3.05) is 13.1 Å². The van der Waals surface area contributed by atoms with Crippen molar-refractivity contribution in [3.63, 3.8) is 0 Å². The van der Waals surface area contributed by atoms with E-state index in [0.717, 1.165) is 17.8 Å². The topological polar surface area (TPSA) is 12.0 Å². The first kappa shape index (κ1) is 8.49. The molecule has 3 rings (SSSR count). The van der Waals surface area contributed by atoms with Crippen LogP contribution in [0.5, 0.6) is 0 Å². The summed E-state index contributed by atoms with van der Waals surface area (Å²) in [4.78, 5) is 0. The molecule has 2 aliphatic rings. The Morgan fingerprint density at radius 3 is 2.64 bits per heavy atom. The molecule has 1 heterocycles. The second-order valence-corrected chi connectivity index (χ2v) is 4.84. The smallest absolute Gasteiger partial charge is 0.00114 e. The van der Waals surface area contributed by atoms with Crippen LogP contribution in [0.3, 0.4) is 0 Å². The molecule has 0 radical (unpaired) electrons. The lowest BCUT2D eigenvalue weighted by Gasteiger charge is -2.40. The van der Waals surface area contributed by atoms with Crippen molar-refractivity contribution in [3.8, 4) is 0 Å². The van der Waals surface area contributed by atoms with Gasteiger partial charge < -0.3 is 5.32 Å². The number of aryl methyl sites for hydroxylation is 1. The molecule has 3 atom stereocenters. The van der Waals surface area contributed by atoms with Gasteiger partial charge in [-0.2, -0.15) is 0 Å². The summed E-state index contributed by atoms with van der Waals surface area (Å²) in [7, 11) is 0. The fourth-order valence-electron chi connectivity index (χ4n) is 2.98. The van der Waals surface area contributed by atoms with Crippen LogP contribution in [0.2, 0.25) is 0 Å². The number of hydrogen-bond donors (Lipinski definition) is 1. The Hall–Kier alpha value is -0.820. The fourth-order valence-corrected chi connectivity index (χ4v) is 2.98. The molecule has 0 bridgehead atoms. The minimum absolute atomic E-state index is 0.843. The van der Waals surface area contributed by atoms with Gasteiger partial charge in [-0.1, -0.05) is 29.8 Å². The molecular weight excluding hydrogens is 170 g/mol. The average Bonchev–Trinajstić information content (AvgIpc) is 2.52. The summed E-state index contributed by atoms with van der Waals surface area (Å²) in [6, 6.07) is 9.11. The molecule has 0 aromatic heterocycles. The summed E-state index contributed by atoms with van der Waals surface area (Å²) in [5.74, 6) is 2.75. The first-order chi connectivity index (χ1) is 6.84. The predicted molar refractivity (Wildman–Crippen MR) is 58.4 cm³/mol. The molecular formula is C13H17N. The average molecular weight is 187 g/mol. The third-order valence-electron chi connectivity index (χ3n) is 3.97. The molecule has 14 heavy (non-hydrogen) atoms. The van der Waals surface area contributed by atoms with Crippen LogP contribution in [0.25, 0.3) is 0 Å². The minimum atomic E-state index is 0.843. The zero-order valence-electron chi connectivity index (χ0n) is 8.66. The Morgan fingerprint density at radius 1 is 1.14 bits per heavy atom. The SMILES string of the molecule is Cc1ccc(C2CC3CNCC32)cc1. The van der Waals surface area contributed by atoms with Crippen molar-refractivity contribution in [3.05, 3.63) is 35.4 Å². The Kier molecular flexibility index (Phi) is 1.88. The van der Waals surface area contributed by atoms with E-state index in [0.29, 0.717) is 0 Å². The molecule has 0 spiro atoms. The fraction of sp³-hybridized carbons (Fsp3) is 0.538. The van der Waals surface area contributed by atoms with Gasteiger partial charge in [0.25, 0.3) is 0 Å². The highest BCUT2D eigenvalue weighted by molar-refractivity contribution is 5.28. The number of rotatable bonds is 1. The van der Waals surface area contributed by atoms with Crippen LogP contribution >= 0.6 is 0 Å². The van der Waals surface area contributed by atoms with Gasteiger partial charge in [-0.3, -0.25) is 0 Å². The Bertz CT molecular complexity index is 328. The monoisotopic (exact) mass is 187 g/mol. The molecule has 1 saturated carbocycles. The molecule has 1 aromatic carbocycles. The van der Waals surface area contributed by atoms with E-state index in [1.165, 1.54) is 25.1 Å². The van der Waals surface area contributed by atoms with Crippen LogP contribution in [0.4, 0.5) is 0 Å². The normalized spacial score (nSPS) is 35.1. The molecule has 1 nitrogen and oxygen atoms in total. The quantitative estimate of drug-likeness (QED) is 0.711. The lowest BCUT2D eigenvalue weighted by atomic mass is 9.64. The van der Waals surface area contributed by atoms with Crippen molar-refractivity contribution >= 4 is 0 Å². The third kappa shape index (κ3) is 1.19. The second kappa shape index (κ2) is 3.09. The van der Waals surface area contributed by atoms with Gasteiger partial charge in [-0.05, 0) is 49.8 Å². The minimum Gasteiger partial charge on any atom is -0.316 e. The van der Waals surface area contributed by atoms with Crippen LogP contribution in [-0.4, -0.2) is 13.1 Å². The van der Waals surface area contributed by atoms with E-state index >= 15 is 0 Å². The molecule has 1 aliphatic heterocycles. The summed E-state index contributed by atoms with van der Waals surface area (Å²) in [6.45, 7) is 4.65. The van der Waals surface area contributed by atoms with E-state index in [9.17, 15) is 0 Å². The standard InChI is InChI=1S/C13H17N/c1-9-2-4-10(5-3-9)12-6-11-7-14-8-13(11)12/h2-5,11-14H,6-8H2,1H3. The van der Waals surface area contributed by atoms with Crippen LogP contribution in [0.1, 0.15) is 23.5 Å². The molecule has 1 aliphatic carbocycles. The van der Waals surface area contributed by atoms with Crippen LogP contribution in [-0.2, 0) is 0 Å². The molecule has 1 heteroatoms. The highest BCUT2D eigenvalue weighted by Crippen LogP contribution is 2.48. The zero-order valence-corrected chi connectivity index (χ0v) is 8.66. The maximum Gasteiger partial charge on any atom is -0.00114 e. The van der Waals surface area contributed by atoms with Gasteiger partial charge >= 0.3 is 0 Å². The molecule has 2 fully saturated rings. The van der Waals surface area contributed by atoms with Gasteiger partial charge in [0.2, 0.25) is 0 Å². The first-order valence-corrected chi connectivity index (χ1v) is 5.62. The Morgan fingerprint density at radius 2 is 1.93 bits per heavy atom. The number of hydrogen-bond acceptors (Lipinski definition) is 1. The van der Waals surface area contributed by atoms with Crippen LogP contribution in [0.15, 0.2) is 24.3 Å². The Balaban J connectivity index is 1.80. The van der Waals surface area contributed by atoms with E-state index in [4.69, 9.17) is 0 Å². The number of nitrogens with one attached hydrogen (secondary N) is 1. The molecule has 3 unspecified atom stereocenters. The van der Waals surface area contributed by atoms with Crippen molar-refractivity contribution in [1.82, 2.24) is 5.32 Å². The van der Waals surface area contributed by atoms with Gasteiger partial charge in [0.15, 0.2) is 0 Å². The summed E-state index contributed by atoms with van der Waals surface area (Å²) in [5.41, 5.74) is 2.93. The van der Waals surface area contributed by atoms with Crippen molar-refractivity contribution in [1.29, 1.82) is 0 Å². The highest BCUT2D eigenvalue weighted by Gasteiger charge is 2.44. The summed E-state index contributed by atoms with van der Waals surface area (Å²) in [5, 5.41) is 3.50. The van der Waals surface area contributed by atoms with E-state index in [2.05, 4.69) is 36.5 Å². The van der Waals surface area contributed by atoms with Gasteiger partial charge in [-0.15, -0.1) is 0 Å². The highest BCUT2D eigenvalue weighted by atomic mass is 14.9. The molecule has 0 amide bonds. The van der Waals surface area contributed by atoms with Crippen LogP contribution < -0.4 is 5.32 Å². The molecule has 74 valence electrons. The van der Waals surface area contributed by atoms with E-state index in [1.54, 1.807) is 5.56 Å². The second-order valence-electron chi connectivity index (χ2n) is 4.84. The lowest BCUT2D eigenvalue weighted by Crippen LogP contribution is -2.33. The van der Waals surface area contributed by atoms with Crippen molar-refractivity contribution < 1.29 is 0 Å². The van der Waals surface area contributed by atoms with E-state index < -0.39 is 0 Å². The van der Waals surface area contributed by atoms with Gasteiger partial charge in [0, 0.05) is 0 Å². The molecule has 1 N–H and O–H groups in total. The lowest BCUT2D eigenvalue weighted by molar-refractivity contribution is 0.191. The summed E-state index contributed by atoms with van der Waals surface area (Å²) in [6.07, 6.45) is 1.40. The predicted octanol–water partition coefficient (Wildman–Crippen LogP) is 2.32. The van der Waals surface area contributed by atoms with Crippen molar-refractivity contribution in [2.24, 2.45) is 11.8 Å². The third-order valence-corrected chi connectivity index (χ3v) is 3.97. The maximum atomic E-state index is 3.50. The van der Waals surface area contributed by atoms with Gasteiger partial charge in [0.1, 0.15) is 0 Å². The zero-order chi connectivity index (χ0) is 9.54. The number of benzene rings is 1. The van der Waals surface area contributed by atoms with Crippen molar-refractivity contribution in [2.45, 2.75) is 19.3 Å². The molecule has 1 aromatic rings. The van der Waals surface area contributed by atoms with E-state index in [1.807, 2.05) is 0 Å². The Labute approximate surface area is 85.5 Å². The van der Waals surface area contributed by atoms with E-state index in [-0.39, 0.29) is 0 Å². The van der Waals surface area contributed by atoms with Gasteiger partial charge in [0.05, 0.1) is 0 Å². The van der Waals surface area contributed by atoms with Gasteiger partial charge in [-0.25, -0.2) is 0 Å². The first-order valence-electron chi connectivity index (χ1n) is 5.62. The van der Waals surface area contributed by atoms with Crippen LogP contribution in [0, 0.1) is 18.8 Å². The maximum absolute atomic E-state index is 3.50. The number of fused-ring (bicyclic) bond motifs is 1. The summed E-state index contributed by atoms with van der Waals surface area (Å²) < 4.78 is 0. The summed E-state index contributed by atoms with van der Waals surface area (Å²) >= 11 is 0.